The molecule has 0 saturated carbocycles. The summed E-state index contributed by atoms with van der Waals surface area (Å²) in [5.74, 6) is 0. The molecule has 0 aliphatic heterocycles. The number of nitrogens with one attached hydrogen (secondary N) is 2. The maximum Gasteiger partial charge on any atom is 0.263 e. The predicted octanol–water partition coefficient (Wildman–Crippen LogP) is 4.18. The molecule has 0 heterocycles. The first-order chi connectivity index (χ1) is 9.94. The van der Waals surface area contributed by atoms with Crippen molar-refractivity contribution in [1.29, 1.82) is 0 Å². The number of benzene rings is 2. The number of anilines is 2. The van der Waals surface area contributed by atoms with E-state index in [0.29, 0.717) is 22.9 Å². The van der Waals surface area contributed by atoms with Gasteiger partial charge in [-0.1, -0.05) is 23.7 Å². The van der Waals surface area contributed by atoms with Gasteiger partial charge in [-0.2, -0.15) is 0 Å². The summed E-state index contributed by atoms with van der Waals surface area (Å²) in [6, 6.07) is 11.8. The molecular formula is C14H14ClIN2O2S. The molecular weight excluding hydrogens is 423 g/mol. The lowest BCUT2D eigenvalue weighted by atomic mass is 10.3. The van der Waals surface area contributed by atoms with Crippen LogP contribution in [0.15, 0.2) is 47.4 Å². The van der Waals surface area contributed by atoms with E-state index in [9.17, 15) is 8.42 Å². The summed E-state index contributed by atoms with van der Waals surface area (Å²) in [5, 5.41) is 3.61. The summed E-state index contributed by atoms with van der Waals surface area (Å²) in [6.45, 7) is 2.56. The van der Waals surface area contributed by atoms with Gasteiger partial charge in [0, 0.05) is 15.1 Å². The first-order valence-electron chi connectivity index (χ1n) is 6.25. The largest absolute Gasteiger partial charge is 0.384 e. The van der Waals surface area contributed by atoms with Crippen LogP contribution in [0.5, 0.6) is 0 Å². The van der Waals surface area contributed by atoms with Gasteiger partial charge in [-0.3, -0.25) is 4.72 Å². The van der Waals surface area contributed by atoms with Crippen LogP contribution in [0, 0.1) is 3.57 Å². The number of hydrogen-bond acceptors (Lipinski definition) is 3. The van der Waals surface area contributed by atoms with Gasteiger partial charge in [-0.25, -0.2) is 8.42 Å². The summed E-state index contributed by atoms with van der Waals surface area (Å²) in [6.07, 6.45) is 0. The molecule has 2 aromatic rings. The Balaban J connectivity index is 2.39. The molecule has 0 unspecified atom stereocenters. The van der Waals surface area contributed by atoms with Crippen molar-refractivity contribution in [3.05, 3.63) is 51.1 Å². The average Bonchev–Trinajstić information content (AvgIpc) is 2.43. The van der Waals surface area contributed by atoms with E-state index in [1.54, 1.807) is 42.5 Å². The number of sulfonamides is 1. The topological polar surface area (TPSA) is 58.2 Å². The van der Waals surface area contributed by atoms with Crippen LogP contribution in [0.3, 0.4) is 0 Å². The molecule has 4 nitrogen and oxygen atoms in total. The van der Waals surface area contributed by atoms with Crippen molar-refractivity contribution < 1.29 is 8.42 Å². The molecule has 0 amide bonds. The quantitative estimate of drug-likeness (QED) is 0.692. The van der Waals surface area contributed by atoms with Crippen LogP contribution in [0.4, 0.5) is 11.4 Å². The average molecular weight is 437 g/mol. The molecule has 2 rings (SSSR count). The second-order valence-corrected chi connectivity index (χ2v) is 7.51. The van der Waals surface area contributed by atoms with E-state index in [2.05, 4.69) is 10.0 Å². The van der Waals surface area contributed by atoms with Crippen LogP contribution < -0.4 is 10.0 Å². The van der Waals surface area contributed by atoms with E-state index in [0.717, 1.165) is 3.57 Å². The molecule has 2 aromatic carbocycles. The van der Waals surface area contributed by atoms with Gasteiger partial charge in [0.1, 0.15) is 4.90 Å². The van der Waals surface area contributed by atoms with Crippen molar-refractivity contribution in [2.75, 3.05) is 16.6 Å². The van der Waals surface area contributed by atoms with Crippen LogP contribution in [-0.2, 0) is 10.0 Å². The zero-order valence-corrected chi connectivity index (χ0v) is 15.0. The lowest BCUT2D eigenvalue weighted by molar-refractivity contribution is 0.601. The van der Waals surface area contributed by atoms with Gasteiger partial charge in [-0.05, 0) is 59.8 Å². The minimum Gasteiger partial charge on any atom is -0.384 e. The molecule has 21 heavy (non-hydrogen) atoms. The third-order valence-electron chi connectivity index (χ3n) is 2.72. The van der Waals surface area contributed by atoms with Crippen LogP contribution in [0.2, 0.25) is 5.02 Å². The third kappa shape index (κ3) is 4.02. The molecule has 0 fully saturated rings. The summed E-state index contributed by atoms with van der Waals surface area (Å²) in [4.78, 5) is 0.220. The SMILES string of the molecule is CCNc1ccccc1S(=O)(=O)Nc1ccc(Cl)cc1I. The van der Waals surface area contributed by atoms with Crippen molar-refractivity contribution in [1.82, 2.24) is 0 Å². The van der Waals surface area contributed by atoms with E-state index in [1.807, 2.05) is 29.5 Å². The van der Waals surface area contributed by atoms with Crippen molar-refractivity contribution in [3.63, 3.8) is 0 Å². The highest BCUT2D eigenvalue weighted by molar-refractivity contribution is 14.1. The van der Waals surface area contributed by atoms with E-state index >= 15 is 0 Å². The first kappa shape index (κ1) is 16.4. The lowest BCUT2D eigenvalue weighted by Gasteiger charge is -2.14. The Labute approximate surface area is 143 Å². The Morgan fingerprint density at radius 1 is 1.14 bits per heavy atom. The molecule has 0 aromatic heterocycles. The molecule has 0 aliphatic carbocycles. The second kappa shape index (κ2) is 6.85. The Kier molecular flexibility index (Phi) is 5.34. The smallest absolute Gasteiger partial charge is 0.263 e. The van der Waals surface area contributed by atoms with Crippen molar-refractivity contribution >= 4 is 55.6 Å². The second-order valence-electron chi connectivity index (χ2n) is 4.26. The maximum atomic E-state index is 12.5. The van der Waals surface area contributed by atoms with Crippen LogP contribution >= 0.6 is 34.2 Å². The highest BCUT2D eigenvalue weighted by Crippen LogP contribution is 2.27. The van der Waals surface area contributed by atoms with Crippen LogP contribution in [0.25, 0.3) is 0 Å². The molecule has 0 bridgehead atoms. The summed E-state index contributed by atoms with van der Waals surface area (Å²) >= 11 is 7.92. The molecule has 0 spiro atoms. The number of halogens is 2. The minimum absolute atomic E-state index is 0.220. The fraction of sp³-hybridized carbons (Fsp3) is 0.143. The van der Waals surface area contributed by atoms with Crippen molar-refractivity contribution in [3.8, 4) is 0 Å². The van der Waals surface area contributed by atoms with Gasteiger partial charge in [0.2, 0.25) is 0 Å². The molecule has 0 aliphatic rings. The third-order valence-corrected chi connectivity index (χ3v) is 5.27. The van der Waals surface area contributed by atoms with Gasteiger partial charge in [0.15, 0.2) is 0 Å². The molecule has 0 saturated heterocycles. The van der Waals surface area contributed by atoms with Gasteiger partial charge in [-0.15, -0.1) is 0 Å². The lowest BCUT2D eigenvalue weighted by Crippen LogP contribution is -2.16. The van der Waals surface area contributed by atoms with Crippen LogP contribution in [0.1, 0.15) is 6.92 Å². The van der Waals surface area contributed by atoms with Gasteiger partial charge in [0.05, 0.1) is 11.4 Å². The first-order valence-corrected chi connectivity index (χ1v) is 9.19. The Bertz CT molecular complexity index is 750. The van der Waals surface area contributed by atoms with Crippen molar-refractivity contribution in [2.45, 2.75) is 11.8 Å². The van der Waals surface area contributed by atoms with E-state index < -0.39 is 10.0 Å². The molecule has 2 N–H and O–H groups in total. The van der Waals surface area contributed by atoms with Gasteiger partial charge >= 0.3 is 0 Å². The summed E-state index contributed by atoms with van der Waals surface area (Å²) in [5.41, 5.74) is 1.09. The fourth-order valence-corrected chi connectivity index (χ4v) is 4.26. The highest BCUT2D eigenvalue weighted by atomic mass is 127. The molecule has 112 valence electrons. The predicted molar refractivity (Wildman–Crippen MR) is 95.6 cm³/mol. The van der Waals surface area contributed by atoms with E-state index in [4.69, 9.17) is 11.6 Å². The van der Waals surface area contributed by atoms with Crippen molar-refractivity contribution in [2.24, 2.45) is 0 Å². The standard InChI is InChI=1S/C14H14ClIN2O2S/c1-2-17-13-5-3-4-6-14(13)21(19,20)18-12-8-7-10(15)9-11(12)16/h3-9,17-18H,2H2,1H3. The Morgan fingerprint density at radius 3 is 2.52 bits per heavy atom. The maximum absolute atomic E-state index is 12.5. The Hall–Kier alpha value is -0.990. The highest BCUT2D eigenvalue weighted by Gasteiger charge is 2.19. The monoisotopic (exact) mass is 436 g/mol. The summed E-state index contributed by atoms with van der Waals surface area (Å²) < 4.78 is 28.4. The summed E-state index contributed by atoms with van der Waals surface area (Å²) in [7, 11) is -3.66. The molecule has 7 heteroatoms. The van der Waals surface area contributed by atoms with Crippen LogP contribution in [-0.4, -0.2) is 15.0 Å². The minimum atomic E-state index is -3.66. The number of rotatable bonds is 5. The molecule has 0 atom stereocenters. The van der Waals surface area contributed by atoms with Gasteiger partial charge in [0.25, 0.3) is 10.0 Å². The normalized spacial score (nSPS) is 11.2. The molecule has 0 radical (unpaired) electrons. The zero-order valence-electron chi connectivity index (χ0n) is 11.2. The Morgan fingerprint density at radius 2 is 1.86 bits per heavy atom. The van der Waals surface area contributed by atoms with E-state index in [1.165, 1.54) is 0 Å². The number of para-hydroxylation sites is 1. The van der Waals surface area contributed by atoms with E-state index in [-0.39, 0.29) is 4.90 Å². The zero-order chi connectivity index (χ0) is 15.5. The fourth-order valence-electron chi connectivity index (χ4n) is 1.81. The van der Waals surface area contributed by atoms with Gasteiger partial charge < -0.3 is 5.32 Å². The number of hydrogen-bond donors (Lipinski definition) is 2.